The Morgan fingerprint density at radius 1 is 1.28 bits per heavy atom. The molecule has 6 nitrogen and oxygen atoms in total. The lowest BCUT2D eigenvalue weighted by atomic mass is 10.0. The Hall–Kier alpha value is -1.30. The third kappa shape index (κ3) is 7.63. The number of amides is 1. The molecular formula is C19H38N4O2. The molecule has 0 spiro atoms. The molecule has 0 radical (unpaired) electrons. The summed E-state index contributed by atoms with van der Waals surface area (Å²) < 4.78 is 5.79. The van der Waals surface area contributed by atoms with Crippen molar-refractivity contribution in [3.8, 4) is 0 Å². The number of ether oxygens (including phenoxy) is 1. The quantitative estimate of drug-likeness (QED) is 0.492. The number of rotatable bonds is 9. The van der Waals surface area contributed by atoms with Crippen LogP contribution in [0.5, 0.6) is 0 Å². The number of likely N-dealkylation sites (tertiary alicyclic amines) is 1. The van der Waals surface area contributed by atoms with Gasteiger partial charge in [0.25, 0.3) is 0 Å². The number of guanidine groups is 1. The lowest BCUT2D eigenvalue weighted by Crippen LogP contribution is -2.45. The first-order chi connectivity index (χ1) is 11.9. The van der Waals surface area contributed by atoms with Gasteiger partial charge in [-0.15, -0.1) is 0 Å². The van der Waals surface area contributed by atoms with Crippen LogP contribution in [0.4, 0.5) is 0 Å². The molecule has 6 heteroatoms. The molecule has 0 bridgehead atoms. The van der Waals surface area contributed by atoms with Crippen LogP contribution in [-0.4, -0.2) is 61.7 Å². The van der Waals surface area contributed by atoms with E-state index in [9.17, 15) is 4.79 Å². The molecule has 2 N–H and O–H groups in total. The zero-order valence-electron chi connectivity index (χ0n) is 17.0. The minimum absolute atomic E-state index is 0.0622. The van der Waals surface area contributed by atoms with E-state index in [2.05, 4.69) is 31.4 Å². The Morgan fingerprint density at radius 2 is 2.00 bits per heavy atom. The van der Waals surface area contributed by atoms with Gasteiger partial charge < -0.3 is 20.3 Å². The Kier molecular flexibility index (Phi) is 9.86. The fraction of sp³-hybridized carbons (Fsp3) is 0.895. The lowest BCUT2D eigenvalue weighted by molar-refractivity contribution is -0.133. The molecule has 2 atom stereocenters. The van der Waals surface area contributed by atoms with Crippen molar-refractivity contribution in [3.63, 3.8) is 0 Å². The van der Waals surface area contributed by atoms with Gasteiger partial charge in [-0.05, 0) is 32.6 Å². The maximum absolute atomic E-state index is 12.1. The second-order valence-electron chi connectivity index (χ2n) is 7.36. The van der Waals surface area contributed by atoms with Crippen LogP contribution < -0.4 is 10.6 Å². The molecule has 0 aliphatic carbocycles. The second kappa shape index (κ2) is 11.3. The summed E-state index contributed by atoms with van der Waals surface area (Å²) >= 11 is 0. The Bertz CT molecular complexity index is 424. The Labute approximate surface area is 153 Å². The van der Waals surface area contributed by atoms with Crippen LogP contribution in [0.3, 0.4) is 0 Å². The zero-order chi connectivity index (χ0) is 18.8. The fourth-order valence-electron chi connectivity index (χ4n) is 3.08. The third-order valence-electron chi connectivity index (χ3n) is 4.49. The summed E-state index contributed by atoms with van der Waals surface area (Å²) in [6.45, 7) is 16.3. The number of carbonyl (C=O) groups excluding carboxylic acids is 1. The number of hydrogen-bond donors (Lipinski definition) is 2. The van der Waals surface area contributed by atoms with Crippen LogP contribution in [0.25, 0.3) is 0 Å². The summed E-state index contributed by atoms with van der Waals surface area (Å²) in [6.07, 6.45) is 2.14. The SMILES string of the molecule is CCNC(=NCCC(OCC)C(C)C)NC1CCN(C(=O)C(C)C)C1. The number of nitrogens with one attached hydrogen (secondary N) is 2. The van der Waals surface area contributed by atoms with Crippen LogP contribution in [0.1, 0.15) is 54.4 Å². The van der Waals surface area contributed by atoms with Gasteiger partial charge in [0.2, 0.25) is 5.91 Å². The average molecular weight is 355 g/mol. The van der Waals surface area contributed by atoms with Crippen molar-refractivity contribution in [1.29, 1.82) is 0 Å². The Morgan fingerprint density at radius 3 is 2.56 bits per heavy atom. The van der Waals surface area contributed by atoms with Crippen LogP contribution in [-0.2, 0) is 9.53 Å². The van der Waals surface area contributed by atoms with E-state index < -0.39 is 0 Å². The molecule has 1 rings (SSSR count). The van der Waals surface area contributed by atoms with E-state index >= 15 is 0 Å². The van der Waals surface area contributed by atoms with Crippen molar-refractivity contribution in [1.82, 2.24) is 15.5 Å². The maximum atomic E-state index is 12.1. The normalized spacial score (nSPS) is 19.6. The summed E-state index contributed by atoms with van der Waals surface area (Å²) in [5.74, 6) is 1.64. The van der Waals surface area contributed by atoms with Gasteiger partial charge in [-0.1, -0.05) is 27.7 Å². The average Bonchev–Trinajstić information content (AvgIpc) is 3.01. The highest BCUT2D eigenvalue weighted by Gasteiger charge is 2.27. The van der Waals surface area contributed by atoms with Crippen molar-refractivity contribution >= 4 is 11.9 Å². The van der Waals surface area contributed by atoms with Crippen molar-refractivity contribution in [2.75, 3.05) is 32.8 Å². The van der Waals surface area contributed by atoms with Crippen molar-refractivity contribution in [2.24, 2.45) is 16.8 Å². The smallest absolute Gasteiger partial charge is 0.225 e. The highest BCUT2D eigenvalue weighted by Crippen LogP contribution is 2.13. The number of aliphatic imine (C=N–C) groups is 1. The van der Waals surface area contributed by atoms with E-state index in [-0.39, 0.29) is 24.0 Å². The summed E-state index contributed by atoms with van der Waals surface area (Å²) in [5.41, 5.74) is 0. The summed E-state index contributed by atoms with van der Waals surface area (Å²) in [6, 6.07) is 0.272. The molecule has 0 aromatic heterocycles. The predicted octanol–water partition coefficient (Wildman–Crippen LogP) is 2.25. The first kappa shape index (κ1) is 21.7. The third-order valence-corrected chi connectivity index (χ3v) is 4.49. The van der Waals surface area contributed by atoms with E-state index in [1.54, 1.807) is 0 Å². The van der Waals surface area contributed by atoms with Gasteiger partial charge in [0.1, 0.15) is 0 Å². The van der Waals surface area contributed by atoms with E-state index in [1.807, 2.05) is 25.7 Å². The van der Waals surface area contributed by atoms with Gasteiger partial charge in [0, 0.05) is 44.7 Å². The highest BCUT2D eigenvalue weighted by atomic mass is 16.5. The van der Waals surface area contributed by atoms with Crippen LogP contribution in [0, 0.1) is 11.8 Å². The minimum atomic E-state index is 0.0622. The number of hydrogen-bond acceptors (Lipinski definition) is 3. The molecule has 0 aromatic rings. The molecular weight excluding hydrogens is 316 g/mol. The van der Waals surface area contributed by atoms with Crippen molar-refractivity contribution < 1.29 is 9.53 Å². The van der Waals surface area contributed by atoms with Crippen molar-refractivity contribution in [3.05, 3.63) is 0 Å². The van der Waals surface area contributed by atoms with E-state index in [0.717, 1.165) is 51.6 Å². The molecule has 1 amide bonds. The standard InChI is InChI=1S/C19H38N4O2/c1-7-20-19(21-11-9-17(14(3)4)25-8-2)22-16-10-12-23(13-16)18(24)15(5)6/h14-17H,7-13H2,1-6H3,(H2,20,21,22). The van der Waals surface area contributed by atoms with Crippen LogP contribution in [0.15, 0.2) is 4.99 Å². The van der Waals surface area contributed by atoms with Crippen molar-refractivity contribution in [2.45, 2.75) is 66.5 Å². The predicted molar refractivity (Wildman–Crippen MR) is 104 cm³/mol. The molecule has 25 heavy (non-hydrogen) atoms. The minimum Gasteiger partial charge on any atom is -0.378 e. The van der Waals surface area contributed by atoms with Gasteiger partial charge in [0.05, 0.1) is 6.10 Å². The molecule has 1 saturated heterocycles. The van der Waals surface area contributed by atoms with Crippen LogP contribution in [0.2, 0.25) is 0 Å². The Balaban J connectivity index is 2.52. The molecule has 1 aliphatic heterocycles. The van der Waals surface area contributed by atoms with E-state index in [1.165, 1.54) is 0 Å². The van der Waals surface area contributed by atoms with Gasteiger partial charge >= 0.3 is 0 Å². The second-order valence-corrected chi connectivity index (χ2v) is 7.36. The zero-order valence-corrected chi connectivity index (χ0v) is 17.0. The summed E-state index contributed by atoms with van der Waals surface area (Å²) in [7, 11) is 0. The monoisotopic (exact) mass is 354 g/mol. The molecule has 0 aromatic carbocycles. The topological polar surface area (TPSA) is 66.0 Å². The first-order valence-corrected chi connectivity index (χ1v) is 9.84. The van der Waals surface area contributed by atoms with E-state index in [0.29, 0.717) is 5.92 Å². The summed E-state index contributed by atoms with van der Waals surface area (Å²) in [5, 5.41) is 6.79. The number of nitrogens with zero attached hydrogens (tertiary/aromatic N) is 2. The fourth-order valence-corrected chi connectivity index (χ4v) is 3.08. The van der Waals surface area contributed by atoms with Gasteiger partial charge in [0.15, 0.2) is 5.96 Å². The van der Waals surface area contributed by atoms with Gasteiger partial charge in [-0.25, -0.2) is 0 Å². The largest absolute Gasteiger partial charge is 0.378 e. The van der Waals surface area contributed by atoms with E-state index in [4.69, 9.17) is 9.73 Å². The van der Waals surface area contributed by atoms with Crippen LogP contribution >= 0.6 is 0 Å². The van der Waals surface area contributed by atoms with Gasteiger partial charge in [-0.2, -0.15) is 0 Å². The highest BCUT2D eigenvalue weighted by molar-refractivity contribution is 5.81. The molecule has 0 saturated carbocycles. The summed E-state index contributed by atoms with van der Waals surface area (Å²) in [4.78, 5) is 18.8. The van der Waals surface area contributed by atoms with Gasteiger partial charge in [-0.3, -0.25) is 9.79 Å². The maximum Gasteiger partial charge on any atom is 0.225 e. The molecule has 1 aliphatic rings. The molecule has 2 unspecified atom stereocenters. The molecule has 1 fully saturated rings. The first-order valence-electron chi connectivity index (χ1n) is 9.84. The molecule has 146 valence electrons. The molecule has 1 heterocycles. The lowest BCUT2D eigenvalue weighted by Gasteiger charge is -2.21. The number of carbonyl (C=O) groups is 1.